The van der Waals surface area contributed by atoms with Crippen LogP contribution in [0.3, 0.4) is 0 Å². The van der Waals surface area contributed by atoms with Gasteiger partial charge in [0.1, 0.15) is 0 Å². The highest BCUT2D eigenvalue weighted by atomic mass is 79.9. The summed E-state index contributed by atoms with van der Waals surface area (Å²) in [6.45, 7) is 8.38. The molecule has 0 N–H and O–H groups in total. The minimum atomic E-state index is 1.10. The summed E-state index contributed by atoms with van der Waals surface area (Å²) in [4.78, 5) is 0. The molecule has 0 aliphatic rings. The Morgan fingerprint density at radius 1 is 0.385 bits per heavy atom. The fourth-order valence-electron chi connectivity index (χ4n) is 3.58. The smallest absolute Gasteiger partial charge is 0.0253 e. The van der Waals surface area contributed by atoms with Crippen molar-refractivity contribution in [3.63, 3.8) is 0 Å². The van der Waals surface area contributed by atoms with E-state index >= 15 is 0 Å². The Hall–Kier alpha value is -3.94. The van der Waals surface area contributed by atoms with E-state index in [1.54, 1.807) is 0 Å². The van der Waals surface area contributed by atoms with Crippen molar-refractivity contribution in [1.82, 2.24) is 0 Å². The lowest BCUT2D eigenvalue weighted by molar-refractivity contribution is 1.46. The first kappa shape index (κ1) is 29.6. The first-order valence-electron chi connectivity index (χ1n) is 13.2. The molecular weight excluding hydrogens is 536 g/mol. The van der Waals surface area contributed by atoms with Gasteiger partial charge in [0.15, 0.2) is 0 Å². The first-order chi connectivity index (χ1) is 18.9. The third kappa shape index (κ3) is 11.5. The van der Waals surface area contributed by atoms with Crippen LogP contribution in [0.2, 0.25) is 0 Å². The molecule has 1 heteroatoms. The van der Waals surface area contributed by atoms with Crippen molar-refractivity contribution in [2.45, 2.75) is 27.7 Å². The van der Waals surface area contributed by atoms with Crippen molar-refractivity contribution in [3.8, 4) is 0 Å². The van der Waals surface area contributed by atoms with Crippen molar-refractivity contribution in [1.29, 1.82) is 0 Å². The summed E-state index contributed by atoms with van der Waals surface area (Å²) < 4.78 is 1.10. The van der Waals surface area contributed by atoms with E-state index in [1.807, 2.05) is 36.4 Å². The van der Waals surface area contributed by atoms with Crippen molar-refractivity contribution in [2.24, 2.45) is 0 Å². The van der Waals surface area contributed by atoms with Gasteiger partial charge in [-0.25, -0.2) is 0 Å². The number of hydrogen-bond acceptors (Lipinski definition) is 0. The predicted molar refractivity (Wildman–Crippen MR) is 177 cm³/mol. The molecule has 0 saturated heterocycles. The van der Waals surface area contributed by atoms with Gasteiger partial charge in [-0.1, -0.05) is 184 Å². The summed E-state index contributed by atoms with van der Waals surface area (Å²) in [5.41, 5.74) is 9.98. The fourth-order valence-corrected chi connectivity index (χ4v) is 4.11. The SMILES string of the molecule is Cc1ccc(/C=C/c2ccc(/C=C/c3ccc(C)cc3)c(Br)c2)cc1.Cc1ccccc1.Cc1ccccc1. The van der Waals surface area contributed by atoms with Gasteiger partial charge >= 0.3 is 0 Å². The molecule has 5 aromatic rings. The maximum Gasteiger partial charge on any atom is 0.0253 e. The van der Waals surface area contributed by atoms with Gasteiger partial charge in [-0.2, -0.15) is 0 Å². The Morgan fingerprint density at radius 3 is 1.13 bits per heavy atom. The Labute approximate surface area is 243 Å². The Kier molecular flexibility index (Phi) is 12.2. The van der Waals surface area contributed by atoms with E-state index in [4.69, 9.17) is 0 Å². The highest BCUT2D eigenvalue weighted by Gasteiger charge is 1.98. The molecule has 0 saturated carbocycles. The topological polar surface area (TPSA) is 0 Å². The van der Waals surface area contributed by atoms with Crippen LogP contribution in [0.4, 0.5) is 0 Å². The molecular formula is C38H37Br. The van der Waals surface area contributed by atoms with Crippen molar-refractivity contribution >= 4 is 40.2 Å². The summed E-state index contributed by atoms with van der Waals surface area (Å²) >= 11 is 3.68. The average molecular weight is 574 g/mol. The van der Waals surface area contributed by atoms with E-state index in [0.29, 0.717) is 0 Å². The van der Waals surface area contributed by atoms with Gasteiger partial charge in [0.05, 0.1) is 0 Å². The third-order valence-corrected chi connectivity index (χ3v) is 6.67. The molecule has 0 fully saturated rings. The second kappa shape index (κ2) is 16.1. The molecule has 0 atom stereocenters. The second-order valence-corrected chi connectivity index (χ2v) is 10.4. The van der Waals surface area contributed by atoms with Crippen LogP contribution in [-0.2, 0) is 0 Å². The highest BCUT2D eigenvalue weighted by Crippen LogP contribution is 2.22. The molecule has 0 radical (unpaired) electrons. The number of halogens is 1. The molecule has 0 amide bonds. The minimum Gasteiger partial charge on any atom is -0.0622 e. The van der Waals surface area contributed by atoms with E-state index in [9.17, 15) is 0 Å². The lowest BCUT2D eigenvalue weighted by Gasteiger charge is -2.02. The summed E-state index contributed by atoms with van der Waals surface area (Å²) in [6, 6.07) is 44.0. The van der Waals surface area contributed by atoms with Crippen LogP contribution < -0.4 is 0 Å². The molecule has 0 aromatic heterocycles. The van der Waals surface area contributed by atoms with Crippen molar-refractivity contribution < 1.29 is 0 Å². The molecule has 0 nitrogen and oxygen atoms in total. The average Bonchev–Trinajstić information content (AvgIpc) is 2.95. The maximum absolute atomic E-state index is 3.68. The standard InChI is InChI=1S/C24H21Br.2C7H8/c1-18-3-7-20(8-4-18)11-12-22-14-16-23(24(25)17-22)15-13-21-9-5-19(2)6-10-21;2*1-7-5-3-2-4-6-7/h3-17H,1-2H3;2*2-6H,1H3/b12-11+,15-13+;;. The minimum absolute atomic E-state index is 1.10. The maximum atomic E-state index is 3.68. The number of hydrogen-bond donors (Lipinski definition) is 0. The van der Waals surface area contributed by atoms with Crippen molar-refractivity contribution in [3.05, 3.63) is 176 Å². The first-order valence-corrected chi connectivity index (χ1v) is 14.0. The Bertz CT molecular complexity index is 1410. The summed E-state index contributed by atoms with van der Waals surface area (Å²) in [6.07, 6.45) is 8.56. The molecule has 0 unspecified atom stereocenters. The molecule has 0 aliphatic carbocycles. The van der Waals surface area contributed by atoms with Crippen LogP contribution in [-0.4, -0.2) is 0 Å². The van der Waals surface area contributed by atoms with Crippen molar-refractivity contribution in [2.75, 3.05) is 0 Å². The lowest BCUT2D eigenvalue weighted by atomic mass is 10.1. The zero-order chi connectivity index (χ0) is 27.9. The van der Waals surface area contributed by atoms with Crippen LogP contribution in [0.5, 0.6) is 0 Å². The van der Waals surface area contributed by atoms with Crippen LogP contribution in [0.15, 0.2) is 132 Å². The van der Waals surface area contributed by atoms with E-state index in [1.165, 1.54) is 44.5 Å². The van der Waals surface area contributed by atoms with Crippen LogP contribution in [0.1, 0.15) is 44.5 Å². The Morgan fingerprint density at radius 2 is 0.744 bits per heavy atom. The summed E-state index contributed by atoms with van der Waals surface area (Å²) in [5.74, 6) is 0. The van der Waals surface area contributed by atoms with Crippen LogP contribution in [0, 0.1) is 27.7 Å². The third-order valence-electron chi connectivity index (χ3n) is 5.98. The normalized spacial score (nSPS) is 10.5. The van der Waals surface area contributed by atoms with Gasteiger partial charge in [-0.15, -0.1) is 0 Å². The van der Waals surface area contributed by atoms with Gasteiger partial charge in [0.25, 0.3) is 0 Å². The quantitative estimate of drug-likeness (QED) is 0.188. The van der Waals surface area contributed by atoms with Gasteiger partial charge in [-0.3, -0.25) is 0 Å². The predicted octanol–water partition coefficient (Wildman–Crippen LogP) is 11.4. The van der Waals surface area contributed by atoms with E-state index < -0.39 is 0 Å². The Balaban J connectivity index is 0.000000243. The summed E-state index contributed by atoms with van der Waals surface area (Å²) in [7, 11) is 0. The van der Waals surface area contributed by atoms with Gasteiger partial charge in [-0.05, 0) is 56.0 Å². The van der Waals surface area contributed by atoms with E-state index in [0.717, 1.165) is 4.47 Å². The monoisotopic (exact) mass is 572 g/mol. The van der Waals surface area contributed by atoms with Gasteiger partial charge in [0, 0.05) is 4.47 Å². The van der Waals surface area contributed by atoms with Gasteiger partial charge < -0.3 is 0 Å². The molecule has 39 heavy (non-hydrogen) atoms. The molecule has 196 valence electrons. The number of rotatable bonds is 4. The number of benzene rings is 5. The van der Waals surface area contributed by atoms with Crippen LogP contribution in [0.25, 0.3) is 24.3 Å². The summed E-state index contributed by atoms with van der Waals surface area (Å²) in [5, 5.41) is 0. The molecule has 0 heterocycles. The second-order valence-electron chi connectivity index (χ2n) is 9.58. The largest absolute Gasteiger partial charge is 0.0622 e. The zero-order valence-electron chi connectivity index (χ0n) is 23.3. The van der Waals surface area contributed by atoms with E-state index in [-0.39, 0.29) is 0 Å². The molecule has 5 aromatic carbocycles. The molecule has 5 rings (SSSR count). The fraction of sp³-hybridized carbons (Fsp3) is 0.105. The lowest BCUT2D eigenvalue weighted by Crippen LogP contribution is -1.80. The molecule has 0 aliphatic heterocycles. The molecule has 0 bridgehead atoms. The zero-order valence-corrected chi connectivity index (χ0v) is 24.9. The molecule has 0 spiro atoms. The van der Waals surface area contributed by atoms with Gasteiger partial charge in [0.2, 0.25) is 0 Å². The van der Waals surface area contributed by atoms with E-state index in [2.05, 4.69) is 159 Å². The van der Waals surface area contributed by atoms with Crippen LogP contribution >= 0.6 is 15.9 Å². The number of aryl methyl sites for hydroxylation is 4. The highest BCUT2D eigenvalue weighted by molar-refractivity contribution is 9.10.